The first kappa shape index (κ1) is 20.0. The average molecular weight is 282 g/mol. The van der Waals surface area contributed by atoms with Gasteiger partial charge in [0.1, 0.15) is 0 Å². The summed E-state index contributed by atoms with van der Waals surface area (Å²) < 4.78 is 4.98. The van der Waals surface area contributed by atoms with E-state index in [1.807, 2.05) is 14.0 Å². The van der Waals surface area contributed by atoms with Crippen LogP contribution in [0, 0.1) is 0 Å². The summed E-state index contributed by atoms with van der Waals surface area (Å²) in [5, 5.41) is 2.87. The molecule has 0 aliphatic carbocycles. The molecule has 0 aliphatic rings. The number of carbonyl (C=O) groups is 1. The highest BCUT2D eigenvalue weighted by molar-refractivity contribution is 5.85. The standard InChI is InChI=1S/C12H27N3O2.ClH/c1-5-6-12(2,13)11(16)14-7-8-15(3)9-10-17-4;/h5-10,13H2,1-4H3,(H,14,16);1H. The van der Waals surface area contributed by atoms with Crippen molar-refractivity contribution in [2.45, 2.75) is 32.2 Å². The van der Waals surface area contributed by atoms with Gasteiger partial charge in [0.25, 0.3) is 0 Å². The first-order valence-electron chi connectivity index (χ1n) is 6.18. The number of amides is 1. The summed E-state index contributed by atoms with van der Waals surface area (Å²) in [5.74, 6) is -0.0699. The molecule has 110 valence electrons. The molecule has 0 saturated carbocycles. The summed E-state index contributed by atoms with van der Waals surface area (Å²) in [5.41, 5.74) is 5.17. The lowest BCUT2D eigenvalue weighted by atomic mass is 9.97. The van der Waals surface area contributed by atoms with Crippen LogP contribution in [-0.2, 0) is 9.53 Å². The molecular weight excluding hydrogens is 254 g/mol. The molecule has 3 N–H and O–H groups in total. The maximum Gasteiger partial charge on any atom is 0.239 e. The summed E-state index contributed by atoms with van der Waals surface area (Å²) in [6, 6.07) is 0. The molecule has 0 spiro atoms. The number of methoxy groups -OCH3 is 1. The minimum Gasteiger partial charge on any atom is -0.383 e. The van der Waals surface area contributed by atoms with Crippen molar-refractivity contribution >= 4 is 18.3 Å². The summed E-state index contributed by atoms with van der Waals surface area (Å²) in [6.07, 6.45) is 1.62. The number of halogens is 1. The molecule has 0 aromatic rings. The zero-order chi connectivity index (χ0) is 13.3. The third-order valence-electron chi connectivity index (χ3n) is 2.74. The third kappa shape index (κ3) is 8.69. The molecule has 0 heterocycles. The molecule has 1 amide bonds. The lowest BCUT2D eigenvalue weighted by Crippen LogP contribution is -2.52. The first-order chi connectivity index (χ1) is 7.94. The van der Waals surface area contributed by atoms with E-state index in [1.54, 1.807) is 14.0 Å². The largest absolute Gasteiger partial charge is 0.383 e. The molecule has 6 heteroatoms. The number of nitrogens with one attached hydrogen (secondary N) is 1. The van der Waals surface area contributed by atoms with E-state index in [9.17, 15) is 4.79 Å². The van der Waals surface area contributed by atoms with Crippen LogP contribution in [0.5, 0.6) is 0 Å². The number of hydrogen-bond acceptors (Lipinski definition) is 4. The second-order valence-electron chi connectivity index (χ2n) is 4.72. The van der Waals surface area contributed by atoms with Crippen LogP contribution in [0.4, 0.5) is 0 Å². The Labute approximate surface area is 117 Å². The van der Waals surface area contributed by atoms with E-state index in [4.69, 9.17) is 10.5 Å². The molecule has 0 saturated heterocycles. The van der Waals surface area contributed by atoms with Crippen LogP contribution in [0.15, 0.2) is 0 Å². The molecule has 0 bridgehead atoms. The number of nitrogens with zero attached hydrogens (tertiary/aromatic N) is 1. The fraction of sp³-hybridized carbons (Fsp3) is 0.917. The van der Waals surface area contributed by atoms with Gasteiger partial charge >= 0.3 is 0 Å². The molecule has 0 aromatic carbocycles. The fourth-order valence-corrected chi connectivity index (χ4v) is 1.55. The van der Waals surface area contributed by atoms with Crippen molar-refractivity contribution < 1.29 is 9.53 Å². The number of carbonyl (C=O) groups excluding carboxylic acids is 1. The molecule has 0 fully saturated rings. The van der Waals surface area contributed by atoms with Crippen LogP contribution in [-0.4, -0.2) is 56.7 Å². The van der Waals surface area contributed by atoms with Crippen molar-refractivity contribution in [1.82, 2.24) is 10.2 Å². The van der Waals surface area contributed by atoms with Gasteiger partial charge in [-0.1, -0.05) is 13.3 Å². The first-order valence-corrected chi connectivity index (χ1v) is 6.18. The number of ether oxygens (including phenoxy) is 1. The lowest BCUT2D eigenvalue weighted by Gasteiger charge is -2.24. The summed E-state index contributed by atoms with van der Waals surface area (Å²) in [4.78, 5) is 13.9. The van der Waals surface area contributed by atoms with E-state index in [2.05, 4.69) is 10.2 Å². The van der Waals surface area contributed by atoms with Gasteiger partial charge in [0.15, 0.2) is 0 Å². The molecule has 5 nitrogen and oxygen atoms in total. The van der Waals surface area contributed by atoms with Gasteiger partial charge in [-0.2, -0.15) is 0 Å². The SMILES string of the molecule is CCCC(C)(N)C(=O)NCCN(C)CCOC.Cl. The highest BCUT2D eigenvalue weighted by Crippen LogP contribution is 2.07. The van der Waals surface area contributed by atoms with Gasteiger partial charge < -0.3 is 20.7 Å². The van der Waals surface area contributed by atoms with Crippen molar-refractivity contribution in [2.75, 3.05) is 40.4 Å². The number of nitrogens with two attached hydrogens (primary N) is 1. The Balaban J connectivity index is 0. The topological polar surface area (TPSA) is 67.6 Å². The predicted octanol–water partition coefficient (Wildman–Crippen LogP) is 0.620. The fourth-order valence-electron chi connectivity index (χ4n) is 1.55. The van der Waals surface area contributed by atoms with Gasteiger partial charge in [0.05, 0.1) is 12.1 Å². The minimum atomic E-state index is -0.750. The van der Waals surface area contributed by atoms with Crippen LogP contribution in [0.2, 0.25) is 0 Å². The van der Waals surface area contributed by atoms with E-state index >= 15 is 0 Å². The molecule has 1 atom stereocenters. The summed E-state index contributed by atoms with van der Waals surface area (Å²) in [6.45, 7) is 6.79. The Morgan fingerprint density at radius 2 is 2.06 bits per heavy atom. The van der Waals surface area contributed by atoms with E-state index in [-0.39, 0.29) is 18.3 Å². The van der Waals surface area contributed by atoms with Crippen LogP contribution >= 0.6 is 12.4 Å². The second-order valence-corrected chi connectivity index (χ2v) is 4.72. The van der Waals surface area contributed by atoms with Crippen molar-refractivity contribution in [3.05, 3.63) is 0 Å². The Morgan fingerprint density at radius 3 is 2.56 bits per heavy atom. The van der Waals surface area contributed by atoms with E-state index < -0.39 is 5.54 Å². The Morgan fingerprint density at radius 1 is 1.44 bits per heavy atom. The van der Waals surface area contributed by atoms with Crippen molar-refractivity contribution in [2.24, 2.45) is 5.73 Å². The highest BCUT2D eigenvalue weighted by Gasteiger charge is 2.26. The molecule has 0 aromatic heterocycles. The molecule has 18 heavy (non-hydrogen) atoms. The maximum absolute atomic E-state index is 11.8. The monoisotopic (exact) mass is 281 g/mol. The zero-order valence-corrected chi connectivity index (χ0v) is 12.8. The third-order valence-corrected chi connectivity index (χ3v) is 2.74. The van der Waals surface area contributed by atoms with Crippen LogP contribution in [0.25, 0.3) is 0 Å². The lowest BCUT2D eigenvalue weighted by molar-refractivity contribution is -0.126. The molecule has 0 aliphatic heterocycles. The van der Waals surface area contributed by atoms with Crippen LogP contribution < -0.4 is 11.1 Å². The summed E-state index contributed by atoms with van der Waals surface area (Å²) >= 11 is 0. The Bertz CT molecular complexity index is 225. The maximum atomic E-state index is 11.8. The van der Waals surface area contributed by atoms with Crippen LogP contribution in [0.3, 0.4) is 0 Å². The minimum absolute atomic E-state index is 0. The van der Waals surface area contributed by atoms with E-state index in [0.29, 0.717) is 19.6 Å². The average Bonchev–Trinajstić information content (AvgIpc) is 2.26. The Kier molecular flexibility index (Phi) is 11.7. The number of likely N-dealkylation sites (N-methyl/N-ethyl adjacent to an activating group) is 1. The van der Waals surface area contributed by atoms with Gasteiger partial charge in [-0.3, -0.25) is 4.79 Å². The van der Waals surface area contributed by atoms with Crippen molar-refractivity contribution in [3.8, 4) is 0 Å². The van der Waals surface area contributed by atoms with Gasteiger partial charge in [-0.25, -0.2) is 0 Å². The zero-order valence-electron chi connectivity index (χ0n) is 12.0. The Hall–Kier alpha value is -0.360. The molecular formula is C12H28ClN3O2. The smallest absolute Gasteiger partial charge is 0.239 e. The van der Waals surface area contributed by atoms with Gasteiger partial charge in [-0.15, -0.1) is 12.4 Å². The molecule has 0 rings (SSSR count). The van der Waals surface area contributed by atoms with Crippen molar-refractivity contribution in [1.29, 1.82) is 0 Å². The van der Waals surface area contributed by atoms with Crippen LogP contribution in [0.1, 0.15) is 26.7 Å². The quantitative estimate of drug-likeness (QED) is 0.650. The number of rotatable bonds is 9. The van der Waals surface area contributed by atoms with Crippen molar-refractivity contribution in [3.63, 3.8) is 0 Å². The molecule has 0 radical (unpaired) electrons. The van der Waals surface area contributed by atoms with E-state index in [1.165, 1.54) is 0 Å². The van der Waals surface area contributed by atoms with Gasteiger partial charge in [0.2, 0.25) is 5.91 Å². The summed E-state index contributed by atoms with van der Waals surface area (Å²) in [7, 11) is 3.68. The van der Waals surface area contributed by atoms with E-state index in [0.717, 1.165) is 19.5 Å². The highest BCUT2D eigenvalue weighted by atomic mass is 35.5. The second kappa shape index (κ2) is 10.6. The predicted molar refractivity (Wildman–Crippen MR) is 77.1 cm³/mol. The molecule has 1 unspecified atom stereocenters. The van der Waals surface area contributed by atoms with Gasteiger partial charge in [0, 0.05) is 26.7 Å². The number of hydrogen-bond donors (Lipinski definition) is 2. The normalized spacial score (nSPS) is 13.9. The van der Waals surface area contributed by atoms with Gasteiger partial charge in [-0.05, 0) is 20.4 Å².